The van der Waals surface area contributed by atoms with E-state index in [1.54, 1.807) is 17.0 Å². The fourth-order valence-corrected chi connectivity index (χ4v) is 3.22. The Bertz CT molecular complexity index is 807. The van der Waals surface area contributed by atoms with E-state index in [9.17, 15) is 9.59 Å². The molecule has 2 N–H and O–H groups in total. The van der Waals surface area contributed by atoms with Crippen LogP contribution in [0.5, 0.6) is 0 Å². The van der Waals surface area contributed by atoms with Crippen LogP contribution in [0.4, 0.5) is 5.69 Å². The maximum Gasteiger partial charge on any atom is 0.254 e. The summed E-state index contributed by atoms with van der Waals surface area (Å²) in [5.41, 5.74) is 9.88. The SMILES string of the molecule is CCc1ccc(C(=O)N2CCN(C(=O)c3cc(N)ccc3C)CC2)cc1. The van der Waals surface area contributed by atoms with Gasteiger partial charge in [-0.2, -0.15) is 0 Å². The summed E-state index contributed by atoms with van der Waals surface area (Å²) >= 11 is 0. The quantitative estimate of drug-likeness (QED) is 0.865. The van der Waals surface area contributed by atoms with Crippen LogP contribution < -0.4 is 5.73 Å². The van der Waals surface area contributed by atoms with Crippen LogP contribution in [0.1, 0.15) is 38.8 Å². The topological polar surface area (TPSA) is 66.6 Å². The van der Waals surface area contributed by atoms with Gasteiger partial charge in [-0.15, -0.1) is 0 Å². The summed E-state index contributed by atoms with van der Waals surface area (Å²) < 4.78 is 0. The normalized spacial score (nSPS) is 14.4. The molecule has 1 fully saturated rings. The molecule has 2 aromatic rings. The number of hydrogen-bond acceptors (Lipinski definition) is 3. The van der Waals surface area contributed by atoms with Crippen LogP contribution in [0, 0.1) is 6.92 Å². The third kappa shape index (κ3) is 3.72. The summed E-state index contributed by atoms with van der Waals surface area (Å²) in [6, 6.07) is 13.1. The van der Waals surface area contributed by atoms with E-state index in [2.05, 4.69) is 6.92 Å². The van der Waals surface area contributed by atoms with Crippen molar-refractivity contribution in [1.82, 2.24) is 9.80 Å². The Kier molecular flexibility index (Phi) is 5.26. The molecule has 5 nitrogen and oxygen atoms in total. The number of amides is 2. The second-order valence-corrected chi connectivity index (χ2v) is 6.71. The fraction of sp³-hybridized carbons (Fsp3) is 0.333. The summed E-state index contributed by atoms with van der Waals surface area (Å²) in [6.45, 7) is 6.15. The van der Waals surface area contributed by atoms with Crippen LogP contribution in [0.25, 0.3) is 0 Å². The van der Waals surface area contributed by atoms with E-state index in [-0.39, 0.29) is 11.8 Å². The van der Waals surface area contributed by atoms with Gasteiger partial charge in [-0.3, -0.25) is 9.59 Å². The molecular formula is C21H25N3O2. The van der Waals surface area contributed by atoms with Crippen LogP contribution in [0.2, 0.25) is 0 Å². The van der Waals surface area contributed by atoms with Gasteiger partial charge in [-0.1, -0.05) is 25.1 Å². The molecule has 5 heteroatoms. The number of carbonyl (C=O) groups excluding carboxylic acids is 2. The molecule has 2 amide bonds. The molecule has 0 radical (unpaired) electrons. The van der Waals surface area contributed by atoms with E-state index in [0.29, 0.717) is 43.0 Å². The van der Waals surface area contributed by atoms with Crippen molar-refractivity contribution in [3.8, 4) is 0 Å². The molecular weight excluding hydrogens is 326 g/mol. The molecule has 2 aromatic carbocycles. The minimum Gasteiger partial charge on any atom is -0.399 e. The van der Waals surface area contributed by atoms with E-state index in [0.717, 1.165) is 12.0 Å². The molecule has 1 heterocycles. The second-order valence-electron chi connectivity index (χ2n) is 6.71. The fourth-order valence-electron chi connectivity index (χ4n) is 3.22. The number of aryl methyl sites for hydroxylation is 2. The Morgan fingerprint density at radius 2 is 1.50 bits per heavy atom. The Balaban J connectivity index is 1.64. The van der Waals surface area contributed by atoms with E-state index >= 15 is 0 Å². The van der Waals surface area contributed by atoms with Crippen molar-refractivity contribution >= 4 is 17.5 Å². The first-order valence-corrected chi connectivity index (χ1v) is 9.03. The van der Waals surface area contributed by atoms with Crippen molar-refractivity contribution in [3.05, 3.63) is 64.7 Å². The van der Waals surface area contributed by atoms with Crippen LogP contribution in [-0.2, 0) is 6.42 Å². The molecule has 1 aliphatic heterocycles. The predicted molar refractivity (Wildman–Crippen MR) is 103 cm³/mol. The molecule has 0 saturated carbocycles. The third-order valence-corrected chi connectivity index (χ3v) is 4.96. The molecule has 0 aliphatic carbocycles. The Hall–Kier alpha value is -2.82. The number of benzene rings is 2. The number of hydrogen-bond donors (Lipinski definition) is 1. The van der Waals surface area contributed by atoms with Crippen LogP contribution in [0.3, 0.4) is 0 Å². The van der Waals surface area contributed by atoms with E-state index in [1.807, 2.05) is 42.2 Å². The van der Waals surface area contributed by atoms with Crippen molar-refractivity contribution < 1.29 is 9.59 Å². The highest BCUT2D eigenvalue weighted by molar-refractivity contribution is 5.97. The van der Waals surface area contributed by atoms with Crippen molar-refractivity contribution in [2.75, 3.05) is 31.9 Å². The molecule has 3 rings (SSSR count). The molecule has 0 aromatic heterocycles. The number of rotatable bonds is 3. The Morgan fingerprint density at radius 1 is 0.923 bits per heavy atom. The molecule has 0 atom stereocenters. The zero-order valence-electron chi connectivity index (χ0n) is 15.4. The lowest BCUT2D eigenvalue weighted by Gasteiger charge is -2.35. The molecule has 1 aliphatic rings. The third-order valence-electron chi connectivity index (χ3n) is 4.96. The number of nitrogen functional groups attached to an aromatic ring is 1. The van der Waals surface area contributed by atoms with Gasteiger partial charge in [-0.25, -0.2) is 0 Å². The van der Waals surface area contributed by atoms with Crippen molar-refractivity contribution in [2.45, 2.75) is 20.3 Å². The summed E-state index contributed by atoms with van der Waals surface area (Å²) in [7, 11) is 0. The first-order valence-electron chi connectivity index (χ1n) is 9.03. The highest BCUT2D eigenvalue weighted by atomic mass is 16.2. The average Bonchev–Trinajstić information content (AvgIpc) is 2.69. The highest BCUT2D eigenvalue weighted by Crippen LogP contribution is 2.17. The van der Waals surface area contributed by atoms with Gasteiger partial charge in [0.1, 0.15) is 0 Å². The number of carbonyl (C=O) groups is 2. The summed E-state index contributed by atoms with van der Waals surface area (Å²) in [5, 5.41) is 0. The van der Waals surface area contributed by atoms with Gasteiger partial charge in [-0.05, 0) is 48.7 Å². The van der Waals surface area contributed by atoms with Gasteiger partial charge >= 0.3 is 0 Å². The van der Waals surface area contributed by atoms with E-state index in [4.69, 9.17) is 5.73 Å². The number of nitrogens with two attached hydrogens (primary N) is 1. The monoisotopic (exact) mass is 351 g/mol. The molecule has 1 saturated heterocycles. The molecule has 0 bridgehead atoms. The maximum absolute atomic E-state index is 12.8. The predicted octanol–water partition coefficient (Wildman–Crippen LogP) is 2.74. The van der Waals surface area contributed by atoms with Gasteiger partial charge in [0.25, 0.3) is 11.8 Å². The Morgan fingerprint density at radius 3 is 2.08 bits per heavy atom. The van der Waals surface area contributed by atoms with Gasteiger partial charge in [0.2, 0.25) is 0 Å². The van der Waals surface area contributed by atoms with Gasteiger partial charge < -0.3 is 15.5 Å². The number of nitrogens with zero attached hydrogens (tertiary/aromatic N) is 2. The van der Waals surface area contributed by atoms with E-state index < -0.39 is 0 Å². The molecule has 0 unspecified atom stereocenters. The lowest BCUT2D eigenvalue weighted by molar-refractivity contribution is 0.0535. The van der Waals surface area contributed by atoms with Gasteiger partial charge in [0, 0.05) is 43.0 Å². The minimum absolute atomic E-state index is 0.0193. The first kappa shape index (κ1) is 18.0. The highest BCUT2D eigenvalue weighted by Gasteiger charge is 2.26. The minimum atomic E-state index is -0.0193. The lowest BCUT2D eigenvalue weighted by atomic mass is 10.1. The van der Waals surface area contributed by atoms with Gasteiger partial charge in [0.15, 0.2) is 0 Å². The van der Waals surface area contributed by atoms with Crippen LogP contribution in [0.15, 0.2) is 42.5 Å². The van der Waals surface area contributed by atoms with Crippen LogP contribution >= 0.6 is 0 Å². The number of piperazine rings is 1. The van der Waals surface area contributed by atoms with Crippen molar-refractivity contribution in [1.29, 1.82) is 0 Å². The zero-order valence-corrected chi connectivity index (χ0v) is 15.4. The van der Waals surface area contributed by atoms with Gasteiger partial charge in [0.05, 0.1) is 0 Å². The second kappa shape index (κ2) is 7.60. The largest absolute Gasteiger partial charge is 0.399 e. The molecule has 136 valence electrons. The standard InChI is InChI=1S/C21H25N3O2/c1-3-16-5-7-17(8-6-16)20(25)23-10-12-24(13-11-23)21(26)19-14-18(22)9-4-15(19)2/h4-9,14H,3,10-13,22H2,1-2H3. The smallest absolute Gasteiger partial charge is 0.254 e. The number of anilines is 1. The summed E-state index contributed by atoms with van der Waals surface area (Å²) in [6.07, 6.45) is 0.957. The molecule has 0 spiro atoms. The lowest BCUT2D eigenvalue weighted by Crippen LogP contribution is -2.50. The van der Waals surface area contributed by atoms with Crippen LogP contribution in [-0.4, -0.2) is 47.8 Å². The molecule has 26 heavy (non-hydrogen) atoms. The average molecular weight is 351 g/mol. The first-order chi connectivity index (χ1) is 12.5. The van der Waals surface area contributed by atoms with E-state index in [1.165, 1.54) is 5.56 Å². The van der Waals surface area contributed by atoms with Crippen molar-refractivity contribution in [2.24, 2.45) is 0 Å². The van der Waals surface area contributed by atoms with Crippen molar-refractivity contribution in [3.63, 3.8) is 0 Å². The Labute approximate surface area is 154 Å². The maximum atomic E-state index is 12.8. The summed E-state index contributed by atoms with van der Waals surface area (Å²) in [5.74, 6) is 0.00841. The summed E-state index contributed by atoms with van der Waals surface area (Å²) in [4.78, 5) is 29.0. The zero-order chi connectivity index (χ0) is 18.7.